The fraction of sp³-hybridized carbons (Fsp3) is 0. The largest absolute Gasteiger partial charge is 0.344 e. The van der Waals surface area contributed by atoms with Crippen LogP contribution < -0.4 is 5.43 Å². The van der Waals surface area contributed by atoms with E-state index in [-0.39, 0.29) is 5.43 Å². The number of hydrogen-bond acceptors (Lipinski definition) is 5. The number of nitrogens with one attached hydrogen (secondary N) is 1. The van der Waals surface area contributed by atoms with Crippen molar-refractivity contribution in [1.82, 2.24) is 20.2 Å². The number of nitrogens with zero attached hydrogens (tertiary/aromatic N) is 3. The van der Waals surface area contributed by atoms with Gasteiger partial charge in [-0.25, -0.2) is 4.98 Å². The van der Waals surface area contributed by atoms with Crippen LogP contribution in [-0.4, -0.2) is 20.2 Å². The number of hydrogen-bond donors (Lipinski definition) is 1. The van der Waals surface area contributed by atoms with Crippen molar-refractivity contribution in [3.05, 3.63) is 28.9 Å². The molecule has 0 bridgehead atoms. The Bertz CT molecular complexity index is 671. The van der Waals surface area contributed by atoms with Gasteiger partial charge in [-0.15, -0.1) is 16.4 Å². The van der Waals surface area contributed by atoms with Crippen molar-refractivity contribution in [3.8, 4) is 0 Å². The van der Waals surface area contributed by atoms with Gasteiger partial charge in [-0.1, -0.05) is 0 Å². The smallest absolute Gasteiger partial charge is 0.211 e. The summed E-state index contributed by atoms with van der Waals surface area (Å²) in [6.45, 7) is 0. The van der Waals surface area contributed by atoms with Crippen molar-refractivity contribution in [2.24, 2.45) is 0 Å². The predicted molar refractivity (Wildman–Crippen MR) is 53.3 cm³/mol. The number of fused-ring (bicyclic) bond motifs is 3. The summed E-state index contributed by atoms with van der Waals surface area (Å²) in [5.74, 6) is 0. The first-order valence-corrected chi connectivity index (χ1v) is 4.74. The van der Waals surface area contributed by atoms with Gasteiger partial charge in [0.15, 0.2) is 4.83 Å². The van der Waals surface area contributed by atoms with Gasteiger partial charge in [0, 0.05) is 6.20 Å². The molecule has 6 heteroatoms. The highest BCUT2D eigenvalue weighted by atomic mass is 32.1. The molecule has 0 amide bonds. The van der Waals surface area contributed by atoms with Crippen LogP contribution in [0.1, 0.15) is 0 Å². The number of aromatic nitrogens is 4. The highest BCUT2D eigenvalue weighted by Crippen LogP contribution is 2.26. The second-order valence-electron chi connectivity index (χ2n) is 2.78. The SMILES string of the molecule is O=c1cnnc2sc3cnc[nH]c3c12. The lowest BCUT2D eigenvalue weighted by molar-refractivity contribution is 1.07. The van der Waals surface area contributed by atoms with Crippen LogP contribution in [0, 0.1) is 0 Å². The Morgan fingerprint density at radius 1 is 1.36 bits per heavy atom. The third-order valence-corrected chi connectivity index (χ3v) is 2.97. The molecule has 0 aliphatic heterocycles. The average molecular weight is 204 g/mol. The molecule has 3 rings (SSSR count). The normalized spacial score (nSPS) is 11.1. The Hall–Kier alpha value is -1.82. The second-order valence-corrected chi connectivity index (χ2v) is 3.81. The first-order chi connectivity index (χ1) is 6.86. The van der Waals surface area contributed by atoms with Crippen molar-refractivity contribution in [3.63, 3.8) is 0 Å². The predicted octanol–water partition coefficient (Wildman–Crippen LogP) is 0.928. The molecule has 0 spiro atoms. The van der Waals surface area contributed by atoms with Crippen molar-refractivity contribution in [2.45, 2.75) is 0 Å². The van der Waals surface area contributed by atoms with E-state index in [2.05, 4.69) is 20.2 Å². The molecular weight excluding hydrogens is 200 g/mol. The number of thiophene rings is 1. The fourth-order valence-electron chi connectivity index (χ4n) is 1.37. The molecule has 0 aliphatic carbocycles. The van der Waals surface area contributed by atoms with Gasteiger partial charge < -0.3 is 4.98 Å². The molecule has 0 aromatic carbocycles. The maximum Gasteiger partial charge on any atom is 0.211 e. The Kier molecular flexibility index (Phi) is 1.40. The molecule has 3 heterocycles. The van der Waals surface area contributed by atoms with Gasteiger partial charge in [0.1, 0.15) is 0 Å². The highest BCUT2D eigenvalue weighted by Gasteiger charge is 2.09. The van der Waals surface area contributed by atoms with Gasteiger partial charge in [0.25, 0.3) is 0 Å². The van der Waals surface area contributed by atoms with Crippen LogP contribution in [-0.2, 0) is 0 Å². The maximum absolute atomic E-state index is 11.5. The zero-order valence-electron chi connectivity index (χ0n) is 6.89. The van der Waals surface area contributed by atoms with Gasteiger partial charge in [0.05, 0.1) is 28.1 Å². The molecule has 68 valence electrons. The molecule has 0 saturated carbocycles. The van der Waals surface area contributed by atoms with E-state index in [4.69, 9.17) is 0 Å². The first kappa shape index (κ1) is 7.57. The molecule has 0 fully saturated rings. The van der Waals surface area contributed by atoms with E-state index in [0.717, 1.165) is 10.2 Å². The third kappa shape index (κ3) is 0.882. The molecule has 0 radical (unpaired) electrons. The lowest BCUT2D eigenvalue weighted by Crippen LogP contribution is -2.01. The van der Waals surface area contributed by atoms with E-state index < -0.39 is 0 Å². The molecule has 0 aliphatic rings. The maximum atomic E-state index is 11.5. The molecule has 5 nitrogen and oxygen atoms in total. The molecule has 0 unspecified atom stereocenters. The Morgan fingerprint density at radius 2 is 2.29 bits per heavy atom. The Balaban J connectivity index is 2.73. The van der Waals surface area contributed by atoms with Crippen LogP contribution >= 0.6 is 11.3 Å². The van der Waals surface area contributed by atoms with Crippen molar-refractivity contribution < 1.29 is 0 Å². The molecule has 0 saturated heterocycles. The lowest BCUT2D eigenvalue weighted by Gasteiger charge is -1.87. The van der Waals surface area contributed by atoms with E-state index in [0.29, 0.717) is 10.2 Å². The lowest BCUT2D eigenvalue weighted by atomic mass is 10.3. The van der Waals surface area contributed by atoms with Gasteiger partial charge >= 0.3 is 0 Å². The number of aromatic amines is 1. The summed E-state index contributed by atoms with van der Waals surface area (Å²) in [7, 11) is 0. The highest BCUT2D eigenvalue weighted by molar-refractivity contribution is 7.25. The summed E-state index contributed by atoms with van der Waals surface area (Å²) in [5, 5.41) is 8.12. The molecule has 3 aromatic rings. The van der Waals surface area contributed by atoms with Gasteiger partial charge in [-0.3, -0.25) is 4.79 Å². The van der Waals surface area contributed by atoms with Crippen LogP contribution in [0.4, 0.5) is 0 Å². The van der Waals surface area contributed by atoms with Crippen molar-refractivity contribution >= 4 is 31.8 Å². The Labute approximate surface area is 81.4 Å². The monoisotopic (exact) mass is 204 g/mol. The van der Waals surface area contributed by atoms with Crippen LogP contribution in [0.15, 0.2) is 23.5 Å². The summed E-state index contributed by atoms with van der Waals surface area (Å²) in [5.41, 5.74) is 0.684. The zero-order valence-corrected chi connectivity index (χ0v) is 7.71. The zero-order chi connectivity index (χ0) is 9.54. The van der Waals surface area contributed by atoms with Crippen LogP contribution in [0.3, 0.4) is 0 Å². The number of H-pyrrole nitrogens is 1. The summed E-state index contributed by atoms with van der Waals surface area (Å²) >= 11 is 1.41. The number of rotatable bonds is 0. The van der Waals surface area contributed by atoms with Crippen LogP contribution in [0.25, 0.3) is 20.4 Å². The molecular formula is C8H4N4OS. The third-order valence-electron chi connectivity index (χ3n) is 1.96. The summed E-state index contributed by atoms with van der Waals surface area (Å²) in [6, 6.07) is 0. The average Bonchev–Trinajstić information content (AvgIpc) is 2.57. The van der Waals surface area contributed by atoms with E-state index in [1.807, 2.05) is 0 Å². The molecule has 1 N–H and O–H groups in total. The van der Waals surface area contributed by atoms with E-state index in [1.54, 1.807) is 12.5 Å². The van der Waals surface area contributed by atoms with Crippen molar-refractivity contribution in [2.75, 3.05) is 0 Å². The van der Waals surface area contributed by atoms with Gasteiger partial charge in [0.2, 0.25) is 5.43 Å². The van der Waals surface area contributed by atoms with Crippen molar-refractivity contribution in [1.29, 1.82) is 0 Å². The summed E-state index contributed by atoms with van der Waals surface area (Å²) < 4.78 is 0.917. The fourth-order valence-corrected chi connectivity index (χ4v) is 2.35. The Morgan fingerprint density at radius 3 is 3.21 bits per heavy atom. The van der Waals surface area contributed by atoms with Crippen LogP contribution in [0.2, 0.25) is 0 Å². The van der Waals surface area contributed by atoms with Gasteiger partial charge in [-0.05, 0) is 0 Å². The standard InChI is InChI=1S/C8H4N4OS/c13-4-1-11-12-8-6(4)7-5(14-8)2-9-3-10-7/h1-3H,(H,9,10). The van der Waals surface area contributed by atoms with Gasteiger partial charge in [-0.2, -0.15) is 5.10 Å². The minimum absolute atomic E-state index is 0.108. The minimum atomic E-state index is -0.108. The molecule has 0 atom stereocenters. The summed E-state index contributed by atoms with van der Waals surface area (Å²) in [4.78, 5) is 19.1. The molecule has 14 heavy (non-hydrogen) atoms. The second kappa shape index (κ2) is 2.58. The van der Waals surface area contributed by atoms with E-state index in [1.165, 1.54) is 17.5 Å². The minimum Gasteiger partial charge on any atom is -0.344 e. The van der Waals surface area contributed by atoms with E-state index >= 15 is 0 Å². The first-order valence-electron chi connectivity index (χ1n) is 3.93. The summed E-state index contributed by atoms with van der Waals surface area (Å²) in [6.07, 6.45) is 4.48. The van der Waals surface area contributed by atoms with E-state index in [9.17, 15) is 4.79 Å². The molecule has 3 aromatic heterocycles. The quantitative estimate of drug-likeness (QED) is 0.591. The van der Waals surface area contributed by atoms with Crippen LogP contribution in [0.5, 0.6) is 0 Å². The topological polar surface area (TPSA) is 71.5 Å².